The monoisotopic (exact) mass is 248 g/mol. The molecule has 1 aromatic carbocycles. The number of piperidine rings is 1. The smallest absolute Gasteiger partial charge is 0.0916 e. The molecule has 1 aliphatic heterocycles. The summed E-state index contributed by atoms with van der Waals surface area (Å²) in [7, 11) is 0. The first-order chi connectivity index (χ1) is 8.69. The first kappa shape index (κ1) is 13.5. The predicted molar refractivity (Wildman–Crippen MR) is 74.1 cm³/mol. The Hall–Kier alpha value is -0.900. The number of hydrogen-bond acceptors (Lipinski definition) is 3. The quantitative estimate of drug-likeness (QED) is 0.856. The van der Waals surface area contributed by atoms with E-state index in [4.69, 9.17) is 5.73 Å². The largest absolute Gasteiger partial charge is 0.387 e. The van der Waals surface area contributed by atoms with E-state index in [9.17, 15) is 5.11 Å². The standard InChI is InChI=1S/C15H24N2O/c1-12-6-8-17(9-7-12)11-15(18)14-4-2-13(10-16)3-5-14/h2-5,12,15,18H,6-11,16H2,1H3. The fourth-order valence-corrected chi connectivity index (χ4v) is 2.47. The molecule has 1 atom stereocenters. The van der Waals surface area contributed by atoms with E-state index in [-0.39, 0.29) is 6.10 Å². The Morgan fingerprint density at radius 2 is 1.89 bits per heavy atom. The van der Waals surface area contributed by atoms with E-state index in [0.717, 1.165) is 36.7 Å². The van der Waals surface area contributed by atoms with Crippen molar-refractivity contribution in [1.29, 1.82) is 0 Å². The SMILES string of the molecule is CC1CCN(CC(O)c2ccc(CN)cc2)CC1. The molecule has 0 aliphatic carbocycles. The summed E-state index contributed by atoms with van der Waals surface area (Å²) in [6.45, 7) is 5.83. The van der Waals surface area contributed by atoms with Crippen molar-refractivity contribution in [3.8, 4) is 0 Å². The molecule has 0 saturated carbocycles. The van der Waals surface area contributed by atoms with Crippen molar-refractivity contribution in [3.63, 3.8) is 0 Å². The number of aliphatic hydroxyl groups is 1. The van der Waals surface area contributed by atoms with Gasteiger partial charge >= 0.3 is 0 Å². The molecule has 1 fully saturated rings. The summed E-state index contributed by atoms with van der Waals surface area (Å²) in [6.07, 6.45) is 2.11. The predicted octanol–water partition coefficient (Wildman–Crippen LogP) is 1.91. The Bertz CT molecular complexity index is 355. The number of nitrogens with two attached hydrogens (primary N) is 1. The molecule has 3 N–H and O–H groups in total. The number of rotatable bonds is 4. The van der Waals surface area contributed by atoms with Crippen LogP contribution in [0.4, 0.5) is 0 Å². The van der Waals surface area contributed by atoms with Crippen LogP contribution in [0.3, 0.4) is 0 Å². The number of benzene rings is 1. The summed E-state index contributed by atoms with van der Waals surface area (Å²) < 4.78 is 0. The average Bonchev–Trinajstić information content (AvgIpc) is 2.41. The van der Waals surface area contributed by atoms with Gasteiger partial charge < -0.3 is 15.7 Å². The molecule has 3 nitrogen and oxygen atoms in total. The molecule has 18 heavy (non-hydrogen) atoms. The molecule has 1 aromatic rings. The van der Waals surface area contributed by atoms with Gasteiger partial charge in [-0.25, -0.2) is 0 Å². The Balaban J connectivity index is 1.88. The topological polar surface area (TPSA) is 49.5 Å². The minimum absolute atomic E-state index is 0.384. The van der Waals surface area contributed by atoms with Crippen LogP contribution in [-0.4, -0.2) is 29.6 Å². The van der Waals surface area contributed by atoms with Crippen molar-refractivity contribution >= 4 is 0 Å². The maximum Gasteiger partial charge on any atom is 0.0916 e. The van der Waals surface area contributed by atoms with E-state index in [1.165, 1.54) is 12.8 Å². The van der Waals surface area contributed by atoms with Crippen LogP contribution in [-0.2, 0) is 6.54 Å². The van der Waals surface area contributed by atoms with Crippen LogP contribution < -0.4 is 5.73 Å². The van der Waals surface area contributed by atoms with Crippen molar-refractivity contribution in [3.05, 3.63) is 35.4 Å². The third-order valence-electron chi connectivity index (χ3n) is 3.91. The summed E-state index contributed by atoms with van der Waals surface area (Å²) in [5.74, 6) is 0.835. The third-order valence-corrected chi connectivity index (χ3v) is 3.91. The number of β-amino-alcohol motifs (C(OH)–C–C–N with tert-alkyl or cyclic N) is 1. The van der Waals surface area contributed by atoms with Crippen molar-refractivity contribution in [2.24, 2.45) is 11.7 Å². The van der Waals surface area contributed by atoms with Gasteiger partial charge in [0.15, 0.2) is 0 Å². The first-order valence-electron chi connectivity index (χ1n) is 6.88. The van der Waals surface area contributed by atoms with E-state index >= 15 is 0 Å². The van der Waals surface area contributed by atoms with Crippen molar-refractivity contribution in [2.45, 2.75) is 32.4 Å². The third kappa shape index (κ3) is 3.55. The summed E-state index contributed by atoms with van der Waals surface area (Å²) >= 11 is 0. The van der Waals surface area contributed by atoms with Gasteiger partial charge in [0, 0.05) is 13.1 Å². The molecule has 0 bridgehead atoms. The fraction of sp³-hybridized carbons (Fsp3) is 0.600. The molecule has 1 unspecified atom stereocenters. The lowest BCUT2D eigenvalue weighted by atomic mass is 9.98. The molecule has 3 heteroatoms. The minimum Gasteiger partial charge on any atom is -0.387 e. The zero-order chi connectivity index (χ0) is 13.0. The van der Waals surface area contributed by atoms with Gasteiger partial charge in [0.25, 0.3) is 0 Å². The van der Waals surface area contributed by atoms with E-state index in [1.807, 2.05) is 24.3 Å². The van der Waals surface area contributed by atoms with E-state index in [0.29, 0.717) is 6.54 Å². The van der Waals surface area contributed by atoms with Crippen LogP contribution in [0.2, 0.25) is 0 Å². The highest BCUT2D eigenvalue weighted by Crippen LogP contribution is 2.20. The Kier molecular flexibility index (Phi) is 4.75. The number of nitrogens with zero attached hydrogens (tertiary/aromatic N) is 1. The van der Waals surface area contributed by atoms with Gasteiger partial charge in [-0.1, -0.05) is 31.2 Å². The lowest BCUT2D eigenvalue weighted by Crippen LogP contribution is -2.35. The summed E-state index contributed by atoms with van der Waals surface area (Å²) in [5, 5.41) is 10.2. The zero-order valence-electron chi connectivity index (χ0n) is 11.2. The van der Waals surface area contributed by atoms with Gasteiger partial charge in [-0.3, -0.25) is 0 Å². The first-order valence-corrected chi connectivity index (χ1v) is 6.88. The normalized spacial score (nSPS) is 19.9. The van der Waals surface area contributed by atoms with E-state index in [2.05, 4.69) is 11.8 Å². The fourth-order valence-electron chi connectivity index (χ4n) is 2.47. The number of aliphatic hydroxyl groups excluding tert-OH is 1. The lowest BCUT2D eigenvalue weighted by molar-refractivity contribution is 0.0916. The second-order valence-corrected chi connectivity index (χ2v) is 5.44. The highest BCUT2D eigenvalue weighted by atomic mass is 16.3. The molecule has 1 aliphatic rings. The lowest BCUT2D eigenvalue weighted by Gasteiger charge is -2.31. The van der Waals surface area contributed by atoms with Crippen LogP contribution in [0.5, 0.6) is 0 Å². The Morgan fingerprint density at radius 1 is 1.28 bits per heavy atom. The molecule has 1 heterocycles. The molecule has 100 valence electrons. The highest BCUT2D eigenvalue weighted by Gasteiger charge is 2.18. The minimum atomic E-state index is -0.384. The second kappa shape index (κ2) is 6.32. The van der Waals surface area contributed by atoms with Crippen LogP contribution in [0.15, 0.2) is 24.3 Å². The van der Waals surface area contributed by atoms with Gasteiger partial charge in [-0.15, -0.1) is 0 Å². The van der Waals surface area contributed by atoms with Crippen molar-refractivity contribution < 1.29 is 5.11 Å². The summed E-state index contributed by atoms with van der Waals surface area (Å²) in [6, 6.07) is 7.96. The molecule has 1 saturated heterocycles. The van der Waals surface area contributed by atoms with Crippen molar-refractivity contribution in [1.82, 2.24) is 4.90 Å². The summed E-state index contributed by atoms with van der Waals surface area (Å²) in [5.41, 5.74) is 7.67. The van der Waals surface area contributed by atoms with Gasteiger partial charge in [-0.2, -0.15) is 0 Å². The van der Waals surface area contributed by atoms with Gasteiger partial charge in [0.2, 0.25) is 0 Å². The summed E-state index contributed by atoms with van der Waals surface area (Å²) in [4.78, 5) is 2.36. The van der Waals surface area contributed by atoms with Crippen molar-refractivity contribution in [2.75, 3.05) is 19.6 Å². The van der Waals surface area contributed by atoms with Crippen LogP contribution >= 0.6 is 0 Å². The van der Waals surface area contributed by atoms with Gasteiger partial charge in [-0.05, 0) is 43.0 Å². The molecular weight excluding hydrogens is 224 g/mol. The zero-order valence-corrected chi connectivity index (χ0v) is 11.2. The average molecular weight is 248 g/mol. The maximum atomic E-state index is 10.2. The molecular formula is C15H24N2O. The van der Waals surface area contributed by atoms with Crippen LogP contribution in [0, 0.1) is 5.92 Å². The highest BCUT2D eigenvalue weighted by molar-refractivity contribution is 5.24. The molecule has 0 spiro atoms. The Labute approximate surface area is 110 Å². The van der Waals surface area contributed by atoms with Gasteiger partial charge in [0.1, 0.15) is 0 Å². The Morgan fingerprint density at radius 3 is 2.44 bits per heavy atom. The molecule has 0 radical (unpaired) electrons. The van der Waals surface area contributed by atoms with Crippen LogP contribution in [0.1, 0.15) is 37.0 Å². The van der Waals surface area contributed by atoms with Crippen LogP contribution in [0.25, 0.3) is 0 Å². The van der Waals surface area contributed by atoms with Gasteiger partial charge in [0.05, 0.1) is 6.10 Å². The molecule has 0 aromatic heterocycles. The number of likely N-dealkylation sites (tertiary alicyclic amines) is 1. The second-order valence-electron chi connectivity index (χ2n) is 5.44. The molecule has 2 rings (SSSR count). The van der Waals surface area contributed by atoms with E-state index < -0.39 is 0 Å². The maximum absolute atomic E-state index is 10.2. The molecule has 0 amide bonds. The number of hydrogen-bond donors (Lipinski definition) is 2. The van der Waals surface area contributed by atoms with E-state index in [1.54, 1.807) is 0 Å².